The lowest BCUT2D eigenvalue weighted by atomic mass is 10.3. The molecule has 0 aliphatic heterocycles. The van der Waals surface area contributed by atoms with Crippen LogP contribution in [0.4, 0.5) is 0 Å². The Labute approximate surface area is 124 Å². The first-order valence-electron chi connectivity index (χ1n) is 5.29. The molecule has 0 unspecified atom stereocenters. The maximum absolute atomic E-state index is 12.3. The second kappa shape index (κ2) is 5.47. The Morgan fingerprint density at radius 2 is 1.95 bits per heavy atom. The molecule has 0 saturated heterocycles. The average molecular weight is 335 g/mol. The molecule has 5 nitrogen and oxygen atoms in total. The Bertz CT molecular complexity index is 764. The van der Waals surface area contributed by atoms with Crippen LogP contribution in [0.25, 0.3) is 0 Å². The van der Waals surface area contributed by atoms with E-state index < -0.39 is 21.6 Å². The largest absolute Gasteiger partial charge is 0.478 e. The maximum atomic E-state index is 12.3. The fraction of sp³-hybridized carbons (Fsp3) is 0.0833. The Kier molecular flexibility index (Phi) is 4.08. The summed E-state index contributed by atoms with van der Waals surface area (Å²) in [6.07, 6.45) is 1.12. The first-order chi connectivity index (χ1) is 9.31. The molecule has 2 aromatic rings. The number of carboxylic acid groups (broad SMARTS) is 1. The third-order valence-electron chi connectivity index (χ3n) is 2.53. The highest BCUT2D eigenvalue weighted by molar-refractivity contribution is 7.90. The molecule has 1 aromatic heterocycles. The molecule has 20 heavy (non-hydrogen) atoms. The number of sulfone groups is 1. The molecule has 0 bridgehead atoms. The molecular formula is C12H8Cl2O5S. The molecule has 106 valence electrons. The topological polar surface area (TPSA) is 84.6 Å². The Morgan fingerprint density at radius 3 is 2.60 bits per heavy atom. The van der Waals surface area contributed by atoms with Crippen LogP contribution in [0.15, 0.2) is 39.8 Å². The zero-order chi connectivity index (χ0) is 14.9. The minimum absolute atomic E-state index is 0.0119. The highest BCUT2D eigenvalue weighted by Crippen LogP contribution is 2.28. The van der Waals surface area contributed by atoms with Gasteiger partial charge in [0, 0.05) is 5.02 Å². The van der Waals surface area contributed by atoms with E-state index in [0.29, 0.717) is 0 Å². The van der Waals surface area contributed by atoms with Gasteiger partial charge in [0.25, 0.3) is 0 Å². The number of hydrogen-bond acceptors (Lipinski definition) is 4. The van der Waals surface area contributed by atoms with Gasteiger partial charge in [-0.05, 0) is 24.3 Å². The van der Waals surface area contributed by atoms with Gasteiger partial charge in [0.1, 0.15) is 17.1 Å². The molecule has 8 heteroatoms. The van der Waals surface area contributed by atoms with E-state index in [4.69, 9.17) is 32.7 Å². The van der Waals surface area contributed by atoms with Gasteiger partial charge >= 0.3 is 5.97 Å². The minimum Gasteiger partial charge on any atom is -0.478 e. The van der Waals surface area contributed by atoms with Gasteiger partial charge < -0.3 is 9.52 Å². The van der Waals surface area contributed by atoms with Gasteiger partial charge in [-0.15, -0.1) is 0 Å². The smallest absolute Gasteiger partial charge is 0.339 e. The van der Waals surface area contributed by atoms with E-state index in [1.165, 1.54) is 24.3 Å². The Morgan fingerprint density at radius 1 is 1.25 bits per heavy atom. The molecule has 0 aliphatic rings. The van der Waals surface area contributed by atoms with Crippen molar-refractivity contribution in [2.75, 3.05) is 0 Å². The lowest BCUT2D eigenvalue weighted by molar-refractivity contribution is 0.0695. The standard InChI is InChI=1S/C12H8Cl2O5S/c13-7-1-2-9(14)11(5-7)20(17,18)6-10-8(12(15)16)3-4-19-10/h1-5H,6H2,(H,15,16). The lowest BCUT2D eigenvalue weighted by Crippen LogP contribution is -2.08. The van der Waals surface area contributed by atoms with Gasteiger partial charge in [0.2, 0.25) is 0 Å². The second-order valence-electron chi connectivity index (χ2n) is 3.90. The summed E-state index contributed by atoms with van der Waals surface area (Å²) in [6, 6.07) is 5.21. The summed E-state index contributed by atoms with van der Waals surface area (Å²) in [4.78, 5) is 10.8. The van der Waals surface area contributed by atoms with Crippen LogP contribution in [0.5, 0.6) is 0 Å². The number of carbonyl (C=O) groups is 1. The zero-order valence-electron chi connectivity index (χ0n) is 9.84. The zero-order valence-corrected chi connectivity index (χ0v) is 12.2. The second-order valence-corrected chi connectivity index (χ2v) is 6.70. The number of hydrogen-bond donors (Lipinski definition) is 1. The van der Waals surface area contributed by atoms with E-state index in [-0.39, 0.29) is 26.3 Å². The number of furan rings is 1. The van der Waals surface area contributed by atoms with Crippen molar-refractivity contribution >= 4 is 39.0 Å². The number of halogens is 2. The highest BCUT2D eigenvalue weighted by Gasteiger charge is 2.24. The maximum Gasteiger partial charge on any atom is 0.339 e. The Hall–Kier alpha value is -1.50. The van der Waals surface area contributed by atoms with E-state index in [1.807, 2.05) is 0 Å². The molecule has 0 radical (unpaired) electrons. The molecule has 1 aromatic carbocycles. The van der Waals surface area contributed by atoms with Crippen molar-refractivity contribution < 1.29 is 22.7 Å². The van der Waals surface area contributed by atoms with Gasteiger partial charge in [0.15, 0.2) is 9.84 Å². The van der Waals surface area contributed by atoms with Gasteiger partial charge in [-0.3, -0.25) is 0 Å². The predicted octanol–water partition coefficient (Wildman–Crippen LogP) is 3.26. The van der Waals surface area contributed by atoms with E-state index in [1.54, 1.807) is 0 Å². The SMILES string of the molecule is O=C(O)c1ccoc1CS(=O)(=O)c1cc(Cl)ccc1Cl. The minimum atomic E-state index is -3.87. The van der Waals surface area contributed by atoms with Gasteiger partial charge in [-0.25, -0.2) is 13.2 Å². The number of carboxylic acids is 1. The quantitative estimate of drug-likeness (QED) is 0.927. The molecular weight excluding hydrogens is 327 g/mol. The van der Waals surface area contributed by atoms with Crippen LogP contribution in [-0.2, 0) is 15.6 Å². The van der Waals surface area contributed by atoms with Crippen molar-refractivity contribution in [1.82, 2.24) is 0 Å². The van der Waals surface area contributed by atoms with Gasteiger partial charge in [-0.1, -0.05) is 23.2 Å². The molecule has 0 aliphatic carbocycles. The van der Waals surface area contributed by atoms with E-state index >= 15 is 0 Å². The summed E-state index contributed by atoms with van der Waals surface area (Å²) in [6.45, 7) is 0. The summed E-state index contributed by atoms with van der Waals surface area (Å²) in [7, 11) is -3.87. The first-order valence-corrected chi connectivity index (χ1v) is 7.69. The van der Waals surface area contributed by atoms with Crippen molar-refractivity contribution in [1.29, 1.82) is 0 Å². The third-order valence-corrected chi connectivity index (χ3v) is 4.85. The molecule has 0 saturated carbocycles. The van der Waals surface area contributed by atoms with Crippen molar-refractivity contribution in [3.05, 3.63) is 51.9 Å². The normalized spacial score (nSPS) is 11.5. The number of aromatic carboxylic acids is 1. The monoisotopic (exact) mass is 334 g/mol. The van der Waals surface area contributed by atoms with Crippen LogP contribution in [0.3, 0.4) is 0 Å². The van der Waals surface area contributed by atoms with Gasteiger partial charge in [0.05, 0.1) is 16.2 Å². The van der Waals surface area contributed by atoms with Crippen LogP contribution in [0.1, 0.15) is 16.1 Å². The fourth-order valence-electron chi connectivity index (χ4n) is 1.61. The van der Waals surface area contributed by atoms with Crippen LogP contribution in [0.2, 0.25) is 10.0 Å². The average Bonchev–Trinajstić information content (AvgIpc) is 2.79. The summed E-state index contributed by atoms with van der Waals surface area (Å²) in [5.74, 6) is -2.03. The molecule has 2 rings (SSSR count). The summed E-state index contributed by atoms with van der Waals surface area (Å²) < 4.78 is 29.4. The van der Waals surface area contributed by atoms with Crippen molar-refractivity contribution in [2.45, 2.75) is 10.6 Å². The third kappa shape index (κ3) is 2.98. The lowest BCUT2D eigenvalue weighted by Gasteiger charge is -2.06. The van der Waals surface area contributed by atoms with Crippen molar-refractivity contribution in [2.24, 2.45) is 0 Å². The van der Waals surface area contributed by atoms with Crippen LogP contribution < -0.4 is 0 Å². The first kappa shape index (κ1) is 14.9. The summed E-state index contributed by atoms with van der Waals surface area (Å²) >= 11 is 11.6. The van der Waals surface area contributed by atoms with Crippen LogP contribution in [-0.4, -0.2) is 19.5 Å². The summed E-state index contributed by atoms with van der Waals surface area (Å²) in [5.41, 5.74) is -0.202. The van der Waals surface area contributed by atoms with Crippen LogP contribution >= 0.6 is 23.2 Å². The number of rotatable bonds is 4. The van der Waals surface area contributed by atoms with Crippen molar-refractivity contribution in [3.63, 3.8) is 0 Å². The molecule has 0 atom stereocenters. The molecule has 0 amide bonds. The van der Waals surface area contributed by atoms with E-state index in [9.17, 15) is 13.2 Å². The van der Waals surface area contributed by atoms with Crippen LogP contribution in [0, 0.1) is 0 Å². The van der Waals surface area contributed by atoms with E-state index in [2.05, 4.69) is 0 Å². The summed E-state index contributed by atoms with van der Waals surface area (Å²) in [5, 5.41) is 9.14. The molecule has 0 fully saturated rings. The fourth-order valence-corrected chi connectivity index (χ4v) is 3.71. The molecule has 1 N–H and O–H groups in total. The Balaban J connectivity index is 2.44. The highest BCUT2D eigenvalue weighted by atomic mass is 35.5. The number of benzene rings is 1. The predicted molar refractivity (Wildman–Crippen MR) is 73.0 cm³/mol. The van der Waals surface area contributed by atoms with E-state index in [0.717, 1.165) is 6.26 Å². The van der Waals surface area contributed by atoms with Crippen molar-refractivity contribution in [3.8, 4) is 0 Å². The molecule has 1 heterocycles. The van der Waals surface area contributed by atoms with Gasteiger partial charge in [-0.2, -0.15) is 0 Å². The molecule has 0 spiro atoms.